The molecule has 3 aliphatic heterocycles. The third kappa shape index (κ3) is 4.35. The number of anilines is 3. The van der Waals surface area contributed by atoms with Crippen molar-refractivity contribution in [3.8, 4) is 0 Å². The van der Waals surface area contributed by atoms with E-state index in [1.165, 1.54) is 50.9 Å². The molecule has 172 valence electrons. The molecule has 1 fully saturated rings. The third-order valence-electron chi connectivity index (χ3n) is 7.09. The maximum Gasteiger partial charge on any atom is 0.0553 e. The number of hydrogen-bond acceptors (Lipinski definition) is 4. The van der Waals surface area contributed by atoms with Gasteiger partial charge in [-0.2, -0.15) is 0 Å². The minimum Gasteiger partial charge on any atom is -0.381 e. The van der Waals surface area contributed by atoms with E-state index in [9.17, 15) is 0 Å². The lowest BCUT2D eigenvalue weighted by atomic mass is 9.88. The van der Waals surface area contributed by atoms with Crippen LogP contribution in [0.3, 0.4) is 0 Å². The lowest BCUT2D eigenvalue weighted by Crippen LogP contribution is -2.43. The van der Waals surface area contributed by atoms with E-state index >= 15 is 0 Å². The summed E-state index contributed by atoms with van der Waals surface area (Å²) in [5.41, 5.74) is 6.83. The molecular formula is C27H29Cl2N3S. The highest BCUT2D eigenvalue weighted by atomic mass is 35.5. The molecule has 0 aliphatic carbocycles. The highest BCUT2D eigenvalue weighted by Crippen LogP contribution is 2.48. The molecule has 0 aromatic heterocycles. The molecule has 0 amide bonds. The molecule has 0 saturated carbocycles. The maximum atomic E-state index is 6.30. The van der Waals surface area contributed by atoms with Crippen LogP contribution in [0.4, 0.5) is 17.1 Å². The molecule has 0 unspecified atom stereocenters. The Morgan fingerprint density at radius 3 is 2.76 bits per heavy atom. The fourth-order valence-electron chi connectivity index (χ4n) is 5.53. The third-order valence-corrected chi connectivity index (χ3v) is 8.44. The molecule has 0 radical (unpaired) electrons. The molecule has 1 N–H and O–H groups in total. The summed E-state index contributed by atoms with van der Waals surface area (Å²) >= 11 is 8.13. The molecular weight excluding hydrogens is 469 g/mol. The van der Waals surface area contributed by atoms with Gasteiger partial charge in [0.1, 0.15) is 0 Å². The van der Waals surface area contributed by atoms with E-state index in [4.69, 9.17) is 11.6 Å². The number of rotatable bonds is 4. The summed E-state index contributed by atoms with van der Waals surface area (Å²) in [7, 11) is 0. The molecule has 6 rings (SSSR count). The van der Waals surface area contributed by atoms with Gasteiger partial charge in [-0.15, -0.1) is 12.4 Å². The summed E-state index contributed by atoms with van der Waals surface area (Å²) in [5.74, 6) is 0.619. The molecule has 3 aromatic rings. The van der Waals surface area contributed by atoms with E-state index in [0.717, 1.165) is 31.1 Å². The number of fused-ring (bicyclic) bond motifs is 5. The summed E-state index contributed by atoms with van der Waals surface area (Å²) in [6, 6.07) is 22.5. The minimum atomic E-state index is 0. The Morgan fingerprint density at radius 1 is 1.00 bits per heavy atom. The zero-order valence-corrected chi connectivity index (χ0v) is 21.1. The van der Waals surface area contributed by atoms with E-state index in [2.05, 4.69) is 76.6 Å². The van der Waals surface area contributed by atoms with Gasteiger partial charge in [-0.1, -0.05) is 53.2 Å². The first kappa shape index (κ1) is 22.9. The first-order chi connectivity index (χ1) is 15.7. The van der Waals surface area contributed by atoms with E-state index in [1.807, 2.05) is 17.8 Å². The number of nitrogens with zero attached hydrogens (tertiary/aromatic N) is 2. The van der Waals surface area contributed by atoms with Gasteiger partial charge in [-0.3, -0.25) is 0 Å². The van der Waals surface area contributed by atoms with E-state index < -0.39 is 0 Å². The number of halogens is 2. The molecule has 3 aromatic carbocycles. The predicted octanol–water partition coefficient (Wildman–Crippen LogP) is 7.35. The van der Waals surface area contributed by atoms with Gasteiger partial charge < -0.3 is 15.1 Å². The van der Waals surface area contributed by atoms with Crippen LogP contribution in [0.15, 0.2) is 70.5 Å². The molecule has 3 aliphatic rings. The molecule has 2 atom stereocenters. The van der Waals surface area contributed by atoms with Crippen LogP contribution in [0, 0.1) is 6.92 Å². The Bertz CT molecular complexity index is 1170. The fraction of sp³-hybridized carbons (Fsp3) is 0.333. The largest absolute Gasteiger partial charge is 0.381 e. The smallest absolute Gasteiger partial charge is 0.0553 e. The van der Waals surface area contributed by atoms with Gasteiger partial charge in [0.15, 0.2) is 0 Å². The van der Waals surface area contributed by atoms with Crippen LogP contribution in [0.5, 0.6) is 0 Å². The monoisotopic (exact) mass is 497 g/mol. The van der Waals surface area contributed by atoms with Crippen molar-refractivity contribution in [2.24, 2.45) is 0 Å². The number of benzene rings is 3. The second-order valence-electron chi connectivity index (χ2n) is 9.22. The van der Waals surface area contributed by atoms with Crippen molar-refractivity contribution < 1.29 is 0 Å². The Labute approximate surface area is 211 Å². The quantitative estimate of drug-likeness (QED) is 0.405. The van der Waals surface area contributed by atoms with E-state index in [0.29, 0.717) is 12.0 Å². The van der Waals surface area contributed by atoms with Crippen LogP contribution in [-0.4, -0.2) is 37.1 Å². The zero-order chi connectivity index (χ0) is 21.7. The van der Waals surface area contributed by atoms with Crippen molar-refractivity contribution in [2.45, 2.75) is 41.5 Å². The SMILES string of the molecule is Cc1ccc2c(c1)[C@H]1CN(CCCN3c4ccccc4Sc4cc(Cl)ccc43)CC[C@H]1N2.Cl. The minimum absolute atomic E-state index is 0. The van der Waals surface area contributed by atoms with Crippen molar-refractivity contribution in [1.29, 1.82) is 0 Å². The Kier molecular flexibility index (Phi) is 6.54. The summed E-state index contributed by atoms with van der Waals surface area (Å²) < 4.78 is 0. The number of para-hydroxylation sites is 1. The van der Waals surface area contributed by atoms with Crippen molar-refractivity contribution in [3.05, 3.63) is 76.8 Å². The van der Waals surface area contributed by atoms with Gasteiger partial charge in [0.05, 0.1) is 11.4 Å². The number of likely N-dealkylation sites (tertiary alicyclic amines) is 1. The molecule has 3 heterocycles. The van der Waals surface area contributed by atoms with Gasteiger partial charge in [0.25, 0.3) is 0 Å². The Morgan fingerprint density at radius 2 is 1.85 bits per heavy atom. The fourth-order valence-corrected chi connectivity index (χ4v) is 6.90. The van der Waals surface area contributed by atoms with Gasteiger partial charge in [0.2, 0.25) is 0 Å². The van der Waals surface area contributed by atoms with Crippen molar-refractivity contribution in [2.75, 3.05) is 36.4 Å². The topological polar surface area (TPSA) is 18.5 Å². The zero-order valence-electron chi connectivity index (χ0n) is 18.8. The number of aryl methyl sites for hydroxylation is 1. The van der Waals surface area contributed by atoms with Crippen LogP contribution in [0.2, 0.25) is 5.02 Å². The molecule has 6 heteroatoms. The molecule has 1 saturated heterocycles. The summed E-state index contributed by atoms with van der Waals surface area (Å²) in [6.45, 7) is 6.70. The highest BCUT2D eigenvalue weighted by molar-refractivity contribution is 7.99. The number of hydrogen-bond donors (Lipinski definition) is 1. The molecule has 3 nitrogen and oxygen atoms in total. The number of nitrogens with one attached hydrogen (secondary N) is 1. The number of piperidine rings is 1. The van der Waals surface area contributed by atoms with Crippen LogP contribution in [0.25, 0.3) is 0 Å². The first-order valence-electron chi connectivity index (χ1n) is 11.6. The Balaban J connectivity index is 0.00000228. The molecule has 0 spiro atoms. The van der Waals surface area contributed by atoms with Crippen molar-refractivity contribution >= 4 is 52.8 Å². The summed E-state index contributed by atoms with van der Waals surface area (Å²) in [4.78, 5) is 7.72. The van der Waals surface area contributed by atoms with Gasteiger partial charge in [-0.05, 0) is 68.3 Å². The summed E-state index contributed by atoms with van der Waals surface area (Å²) in [6.07, 6.45) is 2.37. The van der Waals surface area contributed by atoms with Crippen LogP contribution >= 0.6 is 35.8 Å². The second kappa shape index (κ2) is 9.42. The lowest BCUT2D eigenvalue weighted by Gasteiger charge is -2.36. The van der Waals surface area contributed by atoms with Crippen molar-refractivity contribution in [1.82, 2.24) is 4.90 Å². The highest BCUT2D eigenvalue weighted by Gasteiger charge is 2.36. The first-order valence-corrected chi connectivity index (χ1v) is 12.8. The standard InChI is InChI=1S/C27H28ClN3S.ClH/c1-18-7-9-22-20(15-18)21-17-30(14-11-23(21)29-22)12-4-13-31-24-5-2-3-6-26(24)32-27-16-19(28)8-10-25(27)31;/h2-3,5-10,15-16,21,23,29H,4,11-14,17H2,1H3;1H/t21-,23-;/m1./s1. The van der Waals surface area contributed by atoms with Crippen LogP contribution in [0.1, 0.15) is 29.9 Å². The predicted molar refractivity (Wildman–Crippen MR) is 143 cm³/mol. The van der Waals surface area contributed by atoms with Crippen LogP contribution < -0.4 is 10.2 Å². The van der Waals surface area contributed by atoms with Gasteiger partial charge in [0, 0.05) is 52.1 Å². The van der Waals surface area contributed by atoms with E-state index in [1.54, 1.807) is 0 Å². The second-order valence-corrected chi connectivity index (χ2v) is 10.7. The van der Waals surface area contributed by atoms with Crippen LogP contribution in [-0.2, 0) is 0 Å². The average molecular weight is 499 g/mol. The average Bonchev–Trinajstić information content (AvgIpc) is 3.15. The normalized spacial score (nSPS) is 20.7. The molecule has 0 bridgehead atoms. The van der Waals surface area contributed by atoms with Crippen molar-refractivity contribution in [3.63, 3.8) is 0 Å². The van der Waals surface area contributed by atoms with Gasteiger partial charge in [-0.25, -0.2) is 0 Å². The lowest BCUT2D eigenvalue weighted by molar-refractivity contribution is 0.201. The maximum absolute atomic E-state index is 6.30. The van der Waals surface area contributed by atoms with Gasteiger partial charge >= 0.3 is 0 Å². The molecule has 33 heavy (non-hydrogen) atoms. The summed E-state index contributed by atoms with van der Waals surface area (Å²) in [5, 5.41) is 4.58. The Hall–Kier alpha value is -1.85. The van der Waals surface area contributed by atoms with E-state index in [-0.39, 0.29) is 12.4 Å².